The van der Waals surface area contributed by atoms with Gasteiger partial charge in [0.2, 0.25) is 0 Å². The van der Waals surface area contributed by atoms with Crippen LogP contribution in [0.4, 0.5) is 0 Å². The Hall–Kier alpha value is -1.31. The van der Waals surface area contributed by atoms with Gasteiger partial charge >= 0.3 is 5.97 Å². The quantitative estimate of drug-likeness (QED) is 0.554. The first-order chi connectivity index (χ1) is 10.5. The highest BCUT2D eigenvalue weighted by atomic mass is 16.5. The summed E-state index contributed by atoms with van der Waals surface area (Å²) in [5, 5.41) is 0. The van der Waals surface area contributed by atoms with Crippen molar-refractivity contribution in [3.05, 3.63) is 29.3 Å². The standard InChI is InChI=1S/C16H24O2/c1-11(17)18-14-9-8-12(15(2,3)4)10-13(14)16(5,6)7/h8-10H,1-7H3/i2D3,8D,9D,10D. The summed E-state index contributed by atoms with van der Waals surface area (Å²) in [6.07, 6.45) is 0. The van der Waals surface area contributed by atoms with E-state index in [2.05, 4.69) is 0 Å². The molecule has 2 nitrogen and oxygen atoms in total. The Morgan fingerprint density at radius 3 is 2.28 bits per heavy atom. The van der Waals surface area contributed by atoms with Crippen LogP contribution in [0.1, 0.15) is 67.7 Å². The van der Waals surface area contributed by atoms with Gasteiger partial charge in [0, 0.05) is 16.6 Å². The van der Waals surface area contributed by atoms with Crippen LogP contribution in [0.25, 0.3) is 0 Å². The van der Waals surface area contributed by atoms with E-state index >= 15 is 0 Å². The number of hydrogen-bond donors (Lipinski definition) is 0. The van der Waals surface area contributed by atoms with E-state index in [1.165, 1.54) is 20.8 Å². The van der Waals surface area contributed by atoms with Crippen LogP contribution in [0.2, 0.25) is 0 Å². The van der Waals surface area contributed by atoms with Crippen LogP contribution in [-0.4, -0.2) is 5.97 Å². The summed E-state index contributed by atoms with van der Waals surface area (Å²) >= 11 is 0. The Bertz CT molecular complexity index is 669. The van der Waals surface area contributed by atoms with Crippen molar-refractivity contribution in [2.75, 3.05) is 0 Å². The molecule has 0 bridgehead atoms. The Morgan fingerprint density at radius 2 is 1.83 bits per heavy atom. The van der Waals surface area contributed by atoms with Gasteiger partial charge in [-0.3, -0.25) is 4.79 Å². The fourth-order valence-electron chi connectivity index (χ4n) is 1.46. The second-order valence-electron chi connectivity index (χ2n) is 5.92. The molecule has 0 heterocycles. The molecule has 0 aliphatic rings. The smallest absolute Gasteiger partial charge is 0.308 e. The molecule has 1 rings (SSSR count). The first kappa shape index (κ1) is 7.98. The molecule has 0 saturated carbocycles. The van der Waals surface area contributed by atoms with Gasteiger partial charge in [-0.1, -0.05) is 53.6 Å². The lowest BCUT2D eigenvalue weighted by atomic mass is 9.80. The number of benzene rings is 1. The molecule has 1 aromatic carbocycles. The number of carbonyl (C=O) groups excluding carboxylic acids is 1. The molecule has 0 aromatic heterocycles. The van der Waals surface area contributed by atoms with Gasteiger partial charge in [-0.05, 0) is 22.4 Å². The second-order valence-corrected chi connectivity index (χ2v) is 5.92. The average Bonchev–Trinajstić information content (AvgIpc) is 2.31. The summed E-state index contributed by atoms with van der Waals surface area (Å²) in [7, 11) is 0. The second kappa shape index (κ2) is 4.75. The van der Waals surface area contributed by atoms with E-state index in [4.69, 9.17) is 13.0 Å². The van der Waals surface area contributed by atoms with Gasteiger partial charge in [0.1, 0.15) is 5.75 Å². The third kappa shape index (κ3) is 3.59. The molecule has 0 radical (unpaired) electrons. The minimum absolute atomic E-state index is 0.0340. The van der Waals surface area contributed by atoms with Gasteiger partial charge in [0.15, 0.2) is 0 Å². The molecule has 0 unspecified atom stereocenters. The summed E-state index contributed by atoms with van der Waals surface area (Å²) in [6.45, 7) is 6.93. The van der Waals surface area contributed by atoms with Crippen molar-refractivity contribution in [3.8, 4) is 5.75 Å². The zero-order valence-corrected chi connectivity index (χ0v) is 11.8. The van der Waals surface area contributed by atoms with Crippen molar-refractivity contribution in [2.24, 2.45) is 0 Å². The van der Waals surface area contributed by atoms with E-state index in [-0.39, 0.29) is 29.0 Å². The van der Waals surface area contributed by atoms with Gasteiger partial charge < -0.3 is 4.74 Å². The summed E-state index contributed by atoms with van der Waals surface area (Å²) in [4.78, 5) is 11.4. The summed E-state index contributed by atoms with van der Waals surface area (Å²) in [5.74, 6) is -0.800. The van der Waals surface area contributed by atoms with Gasteiger partial charge in [-0.15, -0.1) is 0 Å². The summed E-state index contributed by atoms with van der Waals surface area (Å²) in [5.41, 5.74) is -1.95. The molecule has 0 atom stereocenters. The fourth-order valence-corrected chi connectivity index (χ4v) is 1.46. The number of ether oxygens (including phenoxy) is 1. The van der Waals surface area contributed by atoms with Crippen LogP contribution >= 0.6 is 0 Å². The third-order valence-electron chi connectivity index (χ3n) is 2.40. The van der Waals surface area contributed by atoms with E-state index in [0.717, 1.165) is 0 Å². The van der Waals surface area contributed by atoms with Crippen molar-refractivity contribution in [1.29, 1.82) is 0 Å². The normalized spacial score (nSPS) is 17.9. The van der Waals surface area contributed by atoms with Gasteiger partial charge in [0.05, 0.1) is 4.11 Å². The maximum Gasteiger partial charge on any atom is 0.308 e. The zero-order chi connectivity index (χ0) is 19.2. The Morgan fingerprint density at radius 1 is 1.22 bits per heavy atom. The molecule has 18 heavy (non-hydrogen) atoms. The Balaban J connectivity index is 3.98. The van der Waals surface area contributed by atoms with Gasteiger partial charge in [0.25, 0.3) is 0 Å². The van der Waals surface area contributed by atoms with Crippen LogP contribution in [0.3, 0.4) is 0 Å². The van der Waals surface area contributed by atoms with Crippen LogP contribution in [0, 0.1) is 0 Å². The lowest BCUT2D eigenvalue weighted by Gasteiger charge is -2.26. The van der Waals surface area contributed by atoms with Crippen LogP contribution < -0.4 is 4.74 Å². The SMILES string of the molecule is [2H]c1c([2H])c(C(C)(C)C([2H])([2H])[2H])c([2H])c(C(C)(C)C)c1OC(C)=O. The van der Waals surface area contributed by atoms with Gasteiger partial charge in [-0.2, -0.15) is 0 Å². The molecule has 0 N–H and O–H groups in total. The van der Waals surface area contributed by atoms with E-state index < -0.39 is 29.7 Å². The van der Waals surface area contributed by atoms with Crippen LogP contribution in [0.15, 0.2) is 18.1 Å². The van der Waals surface area contributed by atoms with Crippen molar-refractivity contribution in [1.82, 2.24) is 0 Å². The highest BCUT2D eigenvalue weighted by molar-refractivity contribution is 5.70. The molecule has 1 aromatic rings. The largest absolute Gasteiger partial charge is 0.426 e. The number of hydrogen-bond acceptors (Lipinski definition) is 2. The first-order valence-corrected chi connectivity index (χ1v) is 5.86. The number of esters is 1. The lowest BCUT2D eigenvalue weighted by Crippen LogP contribution is -2.18. The minimum Gasteiger partial charge on any atom is -0.426 e. The predicted octanol–water partition coefficient (Wildman–Crippen LogP) is 4.21. The maximum atomic E-state index is 11.4. The molecular formula is C16H24O2. The van der Waals surface area contributed by atoms with Crippen LogP contribution in [-0.2, 0) is 15.6 Å². The Kier molecular flexibility index (Phi) is 2.11. The topological polar surface area (TPSA) is 26.3 Å². The fraction of sp³-hybridized carbons (Fsp3) is 0.562. The first-order valence-electron chi connectivity index (χ1n) is 8.86. The van der Waals surface area contributed by atoms with E-state index in [9.17, 15) is 4.79 Å². The zero-order valence-electron chi connectivity index (χ0n) is 17.8. The van der Waals surface area contributed by atoms with Crippen molar-refractivity contribution in [2.45, 2.75) is 59.2 Å². The number of carbonyl (C=O) groups is 1. The van der Waals surface area contributed by atoms with Gasteiger partial charge in [-0.25, -0.2) is 0 Å². The molecule has 0 fully saturated rings. The molecule has 0 aliphatic carbocycles. The van der Waals surface area contributed by atoms with E-state index in [0.29, 0.717) is 0 Å². The predicted molar refractivity (Wildman–Crippen MR) is 75.2 cm³/mol. The average molecular weight is 254 g/mol. The van der Waals surface area contributed by atoms with Crippen molar-refractivity contribution < 1.29 is 17.8 Å². The number of rotatable bonds is 1. The summed E-state index contributed by atoms with van der Waals surface area (Å²) < 4.78 is 53.3. The molecule has 2 heteroatoms. The van der Waals surface area contributed by atoms with E-state index in [1.807, 2.05) is 0 Å². The van der Waals surface area contributed by atoms with Crippen molar-refractivity contribution in [3.63, 3.8) is 0 Å². The monoisotopic (exact) mass is 254 g/mol. The molecule has 0 spiro atoms. The highest BCUT2D eigenvalue weighted by Gasteiger charge is 2.23. The highest BCUT2D eigenvalue weighted by Crippen LogP contribution is 2.35. The molecule has 0 saturated heterocycles. The summed E-state index contributed by atoms with van der Waals surface area (Å²) in [6, 6.07) is -0.940. The maximum absolute atomic E-state index is 11.4. The third-order valence-corrected chi connectivity index (χ3v) is 2.40. The van der Waals surface area contributed by atoms with Crippen molar-refractivity contribution >= 4 is 5.97 Å². The minimum atomic E-state index is -2.46. The molecule has 0 amide bonds. The molecular weight excluding hydrogens is 224 g/mol. The molecule has 100 valence electrons. The Labute approximate surface area is 119 Å². The lowest BCUT2D eigenvalue weighted by molar-refractivity contribution is -0.131. The van der Waals surface area contributed by atoms with Crippen LogP contribution in [0.5, 0.6) is 5.75 Å². The van der Waals surface area contributed by atoms with E-state index in [1.54, 1.807) is 20.8 Å². The molecule has 0 aliphatic heterocycles.